The summed E-state index contributed by atoms with van der Waals surface area (Å²) in [5, 5.41) is 7.33. The van der Waals surface area contributed by atoms with Gasteiger partial charge in [0, 0.05) is 10.6 Å². The summed E-state index contributed by atoms with van der Waals surface area (Å²) in [6.07, 6.45) is 1.53. The Morgan fingerprint density at radius 2 is 1.76 bits per heavy atom. The summed E-state index contributed by atoms with van der Waals surface area (Å²) in [7, 11) is 0. The normalized spacial score (nSPS) is 11.9. The summed E-state index contributed by atoms with van der Waals surface area (Å²) in [4.78, 5) is 25.1. The third kappa shape index (κ3) is 7.43. The average Bonchev–Trinajstić information content (AvgIpc) is 2.82. The molecule has 0 saturated carbocycles. The van der Waals surface area contributed by atoms with Gasteiger partial charge in [-0.2, -0.15) is 5.10 Å². The van der Waals surface area contributed by atoms with Crippen molar-refractivity contribution in [3.8, 4) is 5.75 Å². The highest BCUT2D eigenvalue weighted by molar-refractivity contribution is 9.10. The predicted octanol–water partition coefficient (Wildman–Crippen LogP) is 5.59. The number of hydrazone groups is 1. The quantitative estimate of drug-likeness (QED) is 0.273. The highest BCUT2D eigenvalue weighted by atomic mass is 79.9. The zero-order valence-corrected chi connectivity index (χ0v) is 21.1. The lowest BCUT2D eigenvalue weighted by Gasteiger charge is -2.20. The van der Waals surface area contributed by atoms with Crippen molar-refractivity contribution in [3.05, 3.63) is 99.0 Å². The van der Waals surface area contributed by atoms with Crippen molar-refractivity contribution >= 4 is 45.6 Å². The van der Waals surface area contributed by atoms with E-state index in [-0.39, 0.29) is 11.8 Å². The van der Waals surface area contributed by atoms with E-state index in [9.17, 15) is 9.59 Å². The van der Waals surface area contributed by atoms with Gasteiger partial charge in [-0.15, -0.1) is 0 Å². The van der Waals surface area contributed by atoms with E-state index in [0.29, 0.717) is 22.9 Å². The van der Waals surface area contributed by atoms with Crippen LogP contribution >= 0.6 is 27.5 Å². The maximum Gasteiger partial charge on any atom is 0.262 e. The van der Waals surface area contributed by atoms with Crippen molar-refractivity contribution in [3.63, 3.8) is 0 Å². The van der Waals surface area contributed by atoms with Gasteiger partial charge in [-0.05, 0) is 75.4 Å². The van der Waals surface area contributed by atoms with Gasteiger partial charge < -0.3 is 10.1 Å². The van der Waals surface area contributed by atoms with Gasteiger partial charge in [-0.3, -0.25) is 9.59 Å². The molecule has 2 N–H and O–H groups in total. The Labute approximate surface area is 212 Å². The Kier molecular flexibility index (Phi) is 9.24. The standard InChI is InChI=1S/C26H25BrClN3O3/c1-17(2)24(30-25(32)20-9-11-21(28)12-10-20)26(33)31-29-15-19-8-13-23(22(27)14-19)34-16-18-6-4-3-5-7-18/h3-15,17,24H,16H2,1-2H3,(H,30,32)(H,31,33)/b29-15-. The minimum absolute atomic E-state index is 0.137. The molecule has 0 radical (unpaired) electrons. The van der Waals surface area contributed by atoms with Gasteiger partial charge in [0.15, 0.2) is 0 Å². The number of halogens is 2. The summed E-state index contributed by atoms with van der Waals surface area (Å²) >= 11 is 9.38. The highest BCUT2D eigenvalue weighted by Crippen LogP contribution is 2.26. The number of benzene rings is 3. The molecule has 3 aromatic rings. The lowest BCUT2D eigenvalue weighted by atomic mass is 10.0. The van der Waals surface area contributed by atoms with Crippen molar-refractivity contribution < 1.29 is 14.3 Å². The third-order valence-corrected chi connectivity index (χ3v) is 5.80. The molecule has 0 bridgehead atoms. The second-order valence-electron chi connectivity index (χ2n) is 7.90. The van der Waals surface area contributed by atoms with Gasteiger partial charge in [0.05, 0.1) is 10.7 Å². The molecule has 6 nitrogen and oxygen atoms in total. The number of carbonyl (C=O) groups excluding carboxylic acids is 2. The molecule has 1 unspecified atom stereocenters. The number of nitrogens with one attached hydrogen (secondary N) is 2. The van der Waals surface area contributed by atoms with Crippen LogP contribution in [0.25, 0.3) is 0 Å². The molecule has 0 fully saturated rings. The summed E-state index contributed by atoms with van der Waals surface area (Å²) in [5.41, 5.74) is 4.77. The number of rotatable bonds is 9. The Balaban J connectivity index is 1.57. The smallest absolute Gasteiger partial charge is 0.262 e. The molecule has 0 aliphatic carbocycles. The summed E-state index contributed by atoms with van der Waals surface area (Å²) in [6.45, 7) is 4.16. The second-order valence-corrected chi connectivity index (χ2v) is 9.19. The molecule has 0 saturated heterocycles. The topological polar surface area (TPSA) is 79.8 Å². The van der Waals surface area contributed by atoms with Crippen molar-refractivity contribution in [2.45, 2.75) is 26.5 Å². The maximum absolute atomic E-state index is 12.6. The summed E-state index contributed by atoms with van der Waals surface area (Å²) < 4.78 is 6.62. The number of ether oxygens (including phenoxy) is 1. The van der Waals surface area contributed by atoms with Crippen molar-refractivity contribution in [2.24, 2.45) is 11.0 Å². The zero-order valence-electron chi connectivity index (χ0n) is 18.8. The monoisotopic (exact) mass is 541 g/mol. The van der Waals surface area contributed by atoms with Crippen LogP contribution in [0.15, 0.2) is 82.4 Å². The molecule has 3 rings (SSSR count). The Morgan fingerprint density at radius 1 is 1.06 bits per heavy atom. The molecular weight excluding hydrogens is 518 g/mol. The van der Waals surface area contributed by atoms with Crippen molar-refractivity contribution in [2.75, 3.05) is 0 Å². The van der Waals surface area contributed by atoms with Crippen LogP contribution in [0, 0.1) is 5.92 Å². The largest absolute Gasteiger partial charge is 0.488 e. The van der Waals surface area contributed by atoms with Gasteiger partial charge >= 0.3 is 0 Å². The van der Waals surface area contributed by atoms with Crippen LogP contribution in [-0.4, -0.2) is 24.1 Å². The van der Waals surface area contributed by atoms with Gasteiger partial charge in [-0.1, -0.05) is 55.8 Å². The first-order valence-corrected chi connectivity index (χ1v) is 11.9. The molecule has 34 heavy (non-hydrogen) atoms. The molecule has 8 heteroatoms. The fraction of sp³-hybridized carbons (Fsp3) is 0.192. The highest BCUT2D eigenvalue weighted by Gasteiger charge is 2.24. The molecule has 176 valence electrons. The third-order valence-electron chi connectivity index (χ3n) is 4.92. The Hall–Kier alpha value is -3.16. The zero-order chi connectivity index (χ0) is 24.5. The van der Waals surface area contributed by atoms with Crippen LogP contribution in [0.2, 0.25) is 5.02 Å². The van der Waals surface area contributed by atoms with Crippen molar-refractivity contribution in [1.82, 2.24) is 10.7 Å². The molecule has 0 spiro atoms. The van der Waals surface area contributed by atoms with E-state index < -0.39 is 11.9 Å². The molecule has 1 atom stereocenters. The number of hydrogen-bond acceptors (Lipinski definition) is 4. The van der Waals surface area contributed by atoms with E-state index in [1.54, 1.807) is 24.3 Å². The number of hydrogen-bond donors (Lipinski definition) is 2. The van der Waals surface area contributed by atoms with Crippen LogP contribution in [0.4, 0.5) is 0 Å². The molecule has 0 heterocycles. The van der Waals surface area contributed by atoms with E-state index in [1.807, 2.05) is 62.4 Å². The summed E-state index contributed by atoms with van der Waals surface area (Å²) in [6, 6.07) is 21.1. The number of amides is 2. The SMILES string of the molecule is CC(C)C(NC(=O)c1ccc(Cl)cc1)C(=O)N/N=C\c1ccc(OCc2ccccc2)c(Br)c1. The lowest BCUT2D eigenvalue weighted by Crippen LogP contribution is -2.48. The first-order valence-electron chi connectivity index (χ1n) is 10.7. The van der Waals surface area contributed by atoms with Crippen molar-refractivity contribution in [1.29, 1.82) is 0 Å². The maximum atomic E-state index is 12.6. The van der Waals surface area contributed by atoms with Gasteiger partial charge in [0.1, 0.15) is 18.4 Å². The Morgan fingerprint density at radius 3 is 2.41 bits per heavy atom. The second kappa shape index (κ2) is 12.3. The van der Waals surface area contributed by atoms with E-state index in [2.05, 4.69) is 31.8 Å². The molecule has 3 aromatic carbocycles. The van der Waals surface area contributed by atoms with E-state index >= 15 is 0 Å². The van der Waals surface area contributed by atoms with E-state index in [4.69, 9.17) is 16.3 Å². The van der Waals surface area contributed by atoms with Crippen LogP contribution < -0.4 is 15.5 Å². The number of nitrogens with zero attached hydrogens (tertiary/aromatic N) is 1. The Bertz CT molecular complexity index is 1150. The minimum Gasteiger partial charge on any atom is -0.488 e. The van der Waals surface area contributed by atoms with E-state index in [1.165, 1.54) is 6.21 Å². The van der Waals surface area contributed by atoms with Gasteiger partial charge in [0.2, 0.25) is 0 Å². The van der Waals surface area contributed by atoms with Crippen LogP contribution in [0.5, 0.6) is 5.75 Å². The summed E-state index contributed by atoms with van der Waals surface area (Å²) in [5.74, 6) is -0.198. The fourth-order valence-electron chi connectivity index (χ4n) is 3.05. The fourth-order valence-corrected chi connectivity index (χ4v) is 3.69. The first-order chi connectivity index (χ1) is 16.3. The number of carbonyl (C=O) groups is 2. The van der Waals surface area contributed by atoms with Crippen LogP contribution in [0.3, 0.4) is 0 Å². The molecule has 0 aromatic heterocycles. The predicted molar refractivity (Wildman–Crippen MR) is 138 cm³/mol. The minimum atomic E-state index is -0.749. The van der Waals surface area contributed by atoms with E-state index in [0.717, 1.165) is 15.6 Å². The molecule has 2 amide bonds. The average molecular weight is 543 g/mol. The lowest BCUT2D eigenvalue weighted by molar-refractivity contribution is -0.123. The molecule has 0 aliphatic rings. The first kappa shape index (κ1) is 25.5. The van der Waals surface area contributed by atoms with Crippen LogP contribution in [-0.2, 0) is 11.4 Å². The molecular formula is C26H25BrClN3O3. The van der Waals surface area contributed by atoms with Gasteiger partial charge in [-0.25, -0.2) is 5.43 Å². The molecule has 0 aliphatic heterocycles. The van der Waals surface area contributed by atoms with Crippen LogP contribution in [0.1, 0.15) is 35.3 Å². The van der Waals surface area contributed by atoms with Gasteiger partial charge in [0.25, 0.3) is 11.8 Å².